The van der Waals surface area contributed by atoms with Crippen LogP contribution in [0.3, 0.4) is 0 Å². The van der Waals surface area contributed by atoms with Gasteiger partial charge in [0.25, 0.3) is 5.69 Å². The van der Waals surface area contributed by atoms with E-state index in [1.807, 2.05) is 0 Å². The summed E-state index contributed by atoms with van der Waals surface area (Å²) < 4.78 is 27.0. The standard InChI is InChI=1S/C15H22N4O4S/c1-12-2-3-14(10-15(12)19(20)21)24(22,23)18-8-6-17(7-9-18)13-4-5-16-11-13/h2-3,10,13,16H,4-9,11H2,1H3. The van der Waals surface area contributed by atoms with Crippen LogP contribution in [0.2, 0.25) is 0 Å². The van der Waals surface area contributed by atoms with Crippen molar-refractivity contribution in [2.75, 3.05) is 39.3 Å². The number of hydrogen-bond acceptors (Lipinski definition) is 6. The molecular weight excluding hydrogens is 332 g/mol. The van der Waals surface area contributed by atoms with E-state index in [0.717, 1.165) is 25.6 Å². The van der Waals surface area contributed by atoms with E-state index in [-0.39, 0.29) is 10.6 Å². The van der Waals surface area contributed by atoms with Crippen LogP contribution < -0.4 is 5.32 Å². The maximum absolute atomic E-state index is 12.8. The smallest absolute Gasteiger partial charge is 0.273 e. The van der Waals surface area contributed by atoms with Crippen molar-refractivity contribution in [2.45, 2.75) is 24.3 Å². The zero-order valence-electron chi connectivity index (χ0n) is 13.6. The van der Waals surface area contributed by atoms with Gasteiger partial charge < -0.3 is 5.32 Å². The third kappa shape index (κ3) is 3.30. The van der Waals surface area contributed by atoms with Crippen molar-refractivity contribution in [2.24, 2.45) is 0 Å². The number of hydrogen-bond donors (Lipinski definition) is 1. The highest BCUT2D eigenvalue weighted by molar-refractivity contribution is 7.89. The van der Waals surface area contributed by atoms with Gasteiger partial charge in [-0.05, 0) is 26.0 Å². The lowest BCUT2D eigenvalue weighted by Gasteiger charge is -2.37. The van der Waals surface area contributed by atoms with Crippen LogP contribution in [0.25, 0.3) is 0 Å². The molecule has 2 aliphatic heterocycles. The summed E-state index contributed by atoms with van der Waals surface area (Å²) in [6.07, 6.45) is 1.09. The molecule has 0 saturated carbocycles. The van der Waals surface area contributed by atoms with Gasteiger partial charge in [0.15, 0.2) is 0 Å². The minimum absolute atomic E-state index is 0.00390. The van der Waals surface area contributed by atoms with Gasteiger partial charge in [0, 0.05) is 50.4 Å². The number of benzene rings is 1. The third-order valence-electron chi connectivity index (χ3n) is 4.84. The molecular formula is C15H22N4O4S. The van der Waals surface area contributed by atoms with Crippen LogP contribution in [0.1, 0.15) is 12.0 Å². The van der Waals surface area contributed by atoms with Gasteiger partial charge in [-0.2, -0.15) is 4.31 Å². The predicted octanol–water partition coefficient (Wildman–Crippen LogP) is 0.571. The van der Waals surface area contributed by atoms with E-state index >= 15 is 0 Å². The van der Waals surface area contributed by atoms with Gasteiger partial charge in [0.05, 0.1) is 9.82 Å². The number of nitrogens with one attached hydrogen (secondary N) is 1. The van der Waals surface area contributed by atoms with Crippen LogP contribution in [0.5, 0.6) is 0 Å². The second kappa shape index (κ2) is 6.75. The Labute approximate surface area is 141 Å². The van der Waals surface area contributed by atoms with Gasteiger partial charge in [-0.25, -0.2) is 8.42 Å². The van der Waals surface area contributed by atoms with E-state index < -0.39 is 14.9 Å². The molecule has 24 heavy (non-hydrogen) atoms. The van der Waals surface area contributed by atoms with Crippen molar-refractivity contribution in [1.82, 2.24) is 14.5 Å². The quantitative estimate of drug-likeness (QED) is 0.627. The molecule has 8 nitrogen and oxygen atoms in total. The summed E-state index contributed by atoms with van der Waals surface area (Å²) in [5.41, 5.74) is 0.296. The largest absolute Gasteiger partial charge is 0.315 e. The summed E-state index contributed by atoms with van der Waals surface area (Å²) >= 11 is 0. The van der Waals surface area contributed by atoms with Gasteiger partial charge in [-0.3, -0.25) is 15.0 Å². The third-order valence-corrected chi connectivity index (χ3v) is 6.73. The topological polar surface area (TPSA) is 95.8 Å². The van der Waals surface area contributed by atoms with E-state index in [2.05, 4.69) is 10.2 Å². The fourth-order valence-electron chi connectivity index (χ4n) is 3.36. The summed E-state index contributed by atoms with van der Waals surface area (Å²) in [5, 5.41) is 14.4. The van der Waals surface area contributed by atoms with Crippen LogP contribution in [-0.2, 0) is 10.0 Å². The summed E-state index contributed by atoms with van der Waals surface area (Å²) in [4.78, 5) is 12.8. The minimum atomic E-state index is -3.70. The highest BCUT2D eigenvalue weighted by atomic mass is 32.2. The van der Waals surface area contributed by atoms with Gasteiger partial charge in [0.2, 0.25) is 10.0 Å². The first-order valence-electron chi connectivity index (χ1n) is 8.09. The van der Waals surface area contributed by atoms with E-state index in [9.17, 15) is 18.5 Å². The SMILES string of the molecule is Cc1ccc(S(=O)(=O)N2CCN(C3CCNC3)CC2)cc1[N+](=O)[O-]. The summed E-state index contributed by atoms with van der Waals surface area (Å²) in [6.45, 7) is 5.79. The molecule has 1 aromatic rings. The minimum Gasteiger partial charge on any atom is -0.315 e. The maximum atomic E-state index is 12.8. The molecule has 1 aromatic carbocycles. The molecule has 0 radical (unpaired) electrons. The monoisotopic (exact) mass is 354 g/mol. The lowest BCUT2D eigenvalue weighted by Crippen LogP contribution is -2.52. The van der Waals surface area contributed by atoms with Crippen LogP contribution in [0.4, 0.5) is 5.69 Å². The summed E-state index contributed by atoms with van der Waals surface area (Å²) in [7, 11) is -3.70. The average Bonchev–Trinajstić information content (AvgIpc) is 3.09. The number of nitro groups is 1. The molecule has 132 valence electrons. The van der Waals surface area contributed by atoms with Crippen molar-refractivity contribution >= 4 is 15.7 Å². The van der Waals surface area contributed by atoms with Crippen molar-refractivity contribution in [3.05, 3.63) is 33.9 Å². The number of sulfonamides is 1. The Morgan fingerprint density at radius 3 is 2.54 bits per heavy atom. The Morgan fingerprint density at radius 2 is 1.96 bits per heavy atom. The molecule has 1 N–H and O–H groups in total. The molecule has 0 aliphatic carbocycles. The molecule has 1 atom stereocenters. The highest BCUT2D eigenvalue weighted by Crippen LogP contribution is 2.25. The van der Waals surface area contributed by atoms with E-state index in [0.29, 0.717) is 37.8 Å². The molecule has 2 aliphatic rings. The van der Waals surface area contributed by atoms with Gasteiger partial charge >= 0.3 is 0 Å². The molecule has 1 unspecified atom stereocenters. The zero-order valence-corrected chi connectivity index (χ0v) is 14.5. The number of aryl methyl sites for hydroxylation is 1. The van der Waals surface area contributed by atoms with E-state index in [4.69, 9.17) is 0 Å². The number of nitrogens with zero attached hydrogens (tertiary/aromatic N) is 3. The average molecular weight is 354 g/mol. The summed E-state index contributed by atoms with van der Waals surface area (Å²) in [5.74, 6) is 0. The first kappa shape index (κ1) is 17.3. The van der Waals surface area contributed by atoms with E-state index in [1.54, 1.807) is 6.92 Å². The van der Waals surface area contributed by atoms with Gasteiger partial charge in [-0.1, -0.05) is 6.07 Å². The fraction of sp³-hybridized carbons (Fsp3) is 0.600. The summed E-state index contributed by atoms with van der Waals surface area (Å²) in [6, 6.07) is 4.59. The van der Waals surface area contributed by atoms with Crippen LogP contribution in [0.15, 0.2) is 23.1 Å². The molecule has 2 fully saturated rings. The number of nitro benzene ring substituents is 1. The normalized spacial score (nSPS) is 23.5. The second-order valence-electron chi connectivity index (χ2n) is 6.29. The van der Waals surface area contributed by atoms with Crippen molar-refractivity contribution < 1.29 is 13.3 Å². The van der Waals surface area contributed by atoms with Crippen molar-refractivity contribution in [1.29, 1.82) is 0 Å². The molecule has 0 spiro atoms. The maximum Gasteiger partial charge on any atom is 0.273 e. The Balaban J connectivity index is 1.74. The Bertz CT molecular complexity index is 723. The molecule has 3 rings (SSSR count). The van der Waals surface area contributed by atoms with Gasteiger partial charge in [0.1, 0.15) is 0 Å². The Kier molecular flexibility index (Phi) is 4.86. The lowest BCUT2D eigenvalue weighted by atomic mass is 10.2. The van der Waals surface area contributed by atoms with Crippen LogP contribution in [-0.4, -0.2) is 67.9 Å². The Hall–Kier alpha value is -1.55. The van der Waals surface area contributed by atoms with Crippen molar-refractivity contribution in [3.8, 4) is 0 Å². The van der Waals surface area contributed by atoms with Crippen molar-refractivity contribution in [3.63, 3.8) is 0 Å². The highest BCUT2D eigenvalue weighted by Gasteiger charge is 2.32. The molecule has 2 saturated heterocycles. The zero-order chi connectivity index (χ0) is 17.3. The molecule has 0 aromatic heterocycles. The molecule has 0 amide bonds. The van der Waals surface area contributed by atoms with Crippen LogP contribution >= 0.6 is 0 Å². The number of rotatable bonds is 4. The molecule has 9 heteroatoms. The van der Waals surface area contributed by atoms with Crippen LogP contribution in [0, 0.1) is 17.0 Å². The Morgan fingerprint density at radius 1 is 1.25 bits per heavy atom. The van der Waals surface area contributed by atoms with Gasteiger partial charge in [-0.15, -0.1) is 0 Å². The molecule has 2 heterocycles. The lowest BCUT2D eigenvalue weighted by molar-refractivity contribution is -0.385. The van der Waals surface area contributed by atoms with E-state index in [1.165, 1.54) is 16.4 Å². The first-order valence-corrected chi connectivity index (χ1v) is 9.53. The number of piperazine rings is 1. The fourth-order valence-corrected chi connectivity index (χ4v) is 4.80. The molecule has 0 bridgehead atoms. The first-order chi connectivity index (χ1) is 11.4. The predicted molar refractivity (Wildman–Crippen MR) is 89.4 cm³/mol. The second-order valence-corrected chi connectivity index (χ2v) is 8.23.